The van der Waals surface area contributed by atoms with Crippen molar-refractivity contribution in [3.63, 3.8) is 0 Å². The van der Waals surface area contributed by atoms with Gasteiger partial charge in [0.2, 0.25) is 5.91 Å². The van der Waals surface area contributed by atoms with Gasteiger partial charge in [0.25, 0.3) is 5.56 Å². The van der Waals surface area contributed by atoms with Crippen molar-refractivity contribution in [1.29, 1.82) is 0 Å². The number of carbonyl (C=O) groups is 1. The summed E-state index contributed by atoms with van der Waals surface area (Å²) in [5, 5.41) is 0. The van der Waals surface area contributed by atoms with Crippen LogP contribution in [0.1, 0.15) is 63.6 Å². The van der Waals surface area contributed by atoms with Crippen molar-refractivity contribution < 1.29 is 4.79 Å². The Morgan fingerprint density at radius 1 is 1.19 bits per heavy atom. The van der Waals surface area contributed by atoms with E-state index in [0.717, 1.165) is 58.3 Å². The van der Waals surface area contributed by atoms with Crippen LogP contribution in [0.2, 0.25) is 0 Å². The summed E-state index contributed by atoms with van der Waals surface area (Å²) >= 11 is 0. The topological polar surface area (TPSA) is 45.6 Å². The maximum absolute atomic E-state index is 12.7. The van der Waals surface area contributed by atoms with Crippen molar-refractivity contribution in [1.82, 2.24) is 14.4 Å². The Hall–Kier alpha value is -1.62. The molecular weight excluding hydrogens is 338 g/mol. The Balaban J connectivity index is 1.55. The van der Waals surface area contributed by atoms with Crippen LogP contribution in [0.3, 0.4) is 0 Å². The molecule has 1 aromatic rings. The highest BCUT2D eigenvalue weighted by Crippen LogP contribution is 2.43. The minimum absolute atomic E-state index is 0.151. The summed E-state index contributed by atoms with van der Waals surface area (Å²) in [4.78, 5) is 29.7. The van der Waals surface area contributed by atoms with E-state index in [9.17, 15) is 9.59 Å². The maximum atomic E-state index is 12.7. The predicted octanol–water partition coefficient (Wildman–Crippen LogP) is 2.87. The third-order valence-electron chi connectivity index (χ3n) is 6.73. The first kappa shape index (κ1) is 18.7. The number of pyridine rings is 1. The third-order valence-corrected chi connectivity index (χ3v) is 6.73. The van der Waals surface area contributed by atoms with E-state index in [4.69, 9.17) is 0 Å². The molecule has 0 unspecified atom stereocenters. The van der Waals surface area contributed by atoms with E-state index in [0.29, 0.717) is 24.3 Å². The van der Waals surface area contributed by atoms with Gasteiger partial charge in [-0.05, 0) is 50.0 Å². The summed E-state index contributed by atoms with van der Waals surface area (Å²) < 4.78 is 2.10. The summed E-state index contributed by atoms with van der Waals surface area (Å²) in [5.41, 5.74) is 1.34. The molecule has 2 bridgehead atoms. The van der Waals surface area contributed by atoms with Gasteiger partial charge in [0.15, 0.2) is 0 Å². The van der Waals surface area contributed by atoms with E-state index in [1.54, 1.807) is 6.07 Å². The molecule has 1 aromatic heterocycles. The molecule has 0 aliphatic carbocycles. The standard InChI is InChI=1S/C22H33N3O2/c1-16(2)8-9-20-18-12-17(19-6-5-7-21(26)25(19)20)13-23(14-18)15-22(27)24-10-3-4-11-24/h5-7,16-18,20H,3-4,8-15H2,1-2H3/t17-,18+,20+/m1/s1. The summed E-state index contributed by atoms with van der Waals surface area (Å²) in [6, 6.07) is 6.03. The van der Waals surface area contributed by atoms with E-state index >= 15 is 0 Å². The Morgan fingerprint density at radius 2 is 1.96 bits per heavy atom. The molecule has 27 heavy (non-hydrogen) atoms. The minimum Gasteiger partial charge on any atom is -0.342 e. The van der Waals surface area contributed by atoms with Gasteiger partial charge in [0, 0.05) is 49.9 Å². The monoisotopic (exact) mass is 371 g/mol. The number of fused-ring (bicyclic) bond motifs is 4. The number of piperidine rings is 1. The molecule has 0 spiro atoms. The average Bonchev–Trinajstić information content (AvgIpc) is 3.17. The number of nitrogens with zero attached hydrogens (tertiary/aromatic N) is 3. The zero-order valence-corrected chi connectivity index (χ0v) is 16.8. The fourth-order valence-corrected chi connectivity index (χ4v) is 5.40. The van der Waals surface area contributed by atoms with Crippen LogP contribution in [0.25, 0.3) is 0 Å². The number of carbonyl (C=O) groups excluding carboxylic acids is 1. The zero-order valence-electron chi connectivity index (χ0n) is 16.8. The van der Waals surface area contributed by atoms with Gasteiger partial charge in [-0.2, -0.15) is 0 Å². The highest BCUT2D eigenvalue weighted by molar-refractivity contribution is 5.78. The van der Waals surface area contributed by atoms with Gasteiger partial charge in [-0.3, -0.25) is 14.5 Å². The third kappa shape index (κ3) is 3.84. The zero-order chi connectivity index (χ0) is 19.0. The van der Waals surface area contributed by atoms with Gasteiger partial charge < -0.3 is 9.47 Å². The number of hydrogen-bond donors (Lipinski definition) is 0. The van der Waals surface area contributed by atoms with Gasteiger partial charge in [-0.1, -0.05) is 19.9 Å². The second-order valence-electron chi connectivity index (χ2n) is 9.17. The first-order valence-electron chi connectivity index (χ1n) is 10.7. The molecule has 148 valence electrons. The Morgan fingerprint density at radius 3 is 2.70 bits per heavy atom. The number of amides is 1. The lowest BCUT2D eigenvalue weighted by molar-refractivity contribution is -0.132. The number of likely N-dealkylation sites (tertiary alicyclic amines) is 2. The van der Waals surface area contributed by atoms with Crippen LogP contribution < -0.4 is 5.56 Å². The van der Waals surface area contributed by atoms with Crippen LogP contribution in [-0.4, -0.2) is 53.0 Å². The molecule has 2 saturated heterocycles. The molecule has 3 aliphatic rings. The Kier molecular flexibility index (Phi) is 5.40. The quantitative estimate of drug-likeness (QED) is 0.799. The van der Waals surface area contributed by atoms with E-state index in [-0.39, 0.29) is 17.5 Å². The van der Waals surface area contributed by atoms with Gasteiger partial charge >= 0.3 is 0 Å². The molecule has 0 aromatic carbocycles. The maximum Gasteiger partial charge on any atom is 0.250 e. The second kappa shape index (κ2) is 7.78. The molecular formula is C22H33N3O2. The largest absolute Gasteiger partial charge is 0.342 e. The van der Waals surface area contributed by atoms with Gasteiger partial charge in [-0.25, -0.2) is 0 Å². The Bertz CT molecular complexity index is 735. The molecule has 5 nitrogen and oxygen atoms in total. The van der Waals surface area contributed by atoms with Crippen molar-refractivity contribution >= 4 is 5.91 Å². The fraction of sp³-hybridized carbons (Fsp3) is 0.727. The summed E-state index contributed by atoms with van der Waals surface area (Å²) in [6.45, 7) is 8.74. The van der Waals surface area contributed by atoms with Gasteiger partial charge in [-0.15, -0.1) is 0 Å². The van der Waals surface area contributed by atoms with Crippen LogP contribution in [0.4, 0.5) is 0 Å². The van der Waals surface area contributed by atoms with Crippen molar-refractivity contribution in [2.45, 2.75) is 57.9 Å². The number of aromatic nitrogens is 1. The highest BCUT2D eigenvalue weighted by atomic mass is 16.2. The summed E-state index contributed by atoms with van der Waals surface area (Å²) in [5.74, 6) is 1.78. The first-order chi connectivity index (χ1) is 13.0. The van der Waals surface area contributed by atoms with Crippen molar-refractivity contribution in [2.24, 2.45) is 11.8 Å². The van der Waals surface area contributed by atoms with E-state index < -0.39 is 0 Å². The molecule has 3 atom stereocenters. The molecule has 3 aliphatic heterocycles. The lowest BCUT2D eigenvalue weighted by atomic mass is 9.76. The minimum atomic E-state index is 0.151. The lowest BCUT2D eigenvalue weighted by Gasteiger charge is -2.47. The SMILES string of the molecule is CC(C)CC[C@H]1[C@H]2C[C@H](CN(CC(=O)N3CCCC3)C2)c2cccc(=O)n21. The Labute approximate surface area is 162 Å². The molecule has 0 N–H and O–H groups in total. The average molecular weight is 372 g/mol. The molecule has 0 saturated carbocycles. The number of rotatable bonds is 5. The molecule has 4 rings (SSSR count). The summed E-state index contributed by atoms with van der Waals surface area (Å²) in [7, 11) is 0. The normalized spacial score (nSPS) is 27.8. The van der Waals surface area contributed by atoms with E-state index in [1.807, 2.05) is 11.0 Å². The van der Waals surface area contributed by atoms with E-state index in [2.05, 4.69) is 29.4 Å². The van der Waals surface area contributed by atoms with E-state index in [1.165, 1.54) is 5.69 Å². The smallest absolute Gasteiger partial charge is 0.250 e. The van der Waals surface area contributed by atoms with Crippen LogP contribution in [0.5, 0.6) is 0 Å². The molecule has 0 radical (unpaired) electrons. The second-order valence-corrected chi connectivity index (χ2v) is 9.17. The highest BCUT2D eigenvalue weighted by Gasteiger charge is 2.40. The lowest BCUT2D eigenvalue weighted by Crippen LogP contribution is -2.51. The van der Waals surface area contributed by atoms with Crippen LogP contribution in [0.15, 0.2) is 23.0 Å². The van der Waals surface area contributed by atoms with Crippen LogP contribution >= 0.6 is 0 Å². The molecule has 5 heteroatoms. The first-order valence-corrected chi connectivity index (χ1v) is 10.7. The fourth-order valence-electron chi connectivity index (χ4n) is 5.40. The van der Waals surface area contributed by atoms with Crippen molar-refractivity contribution in [3.05, 3.63) is 34.2 Å². The van der Waals surface area contributed by atoms with Crippen molar-refractivity contribution in [3.8, 4) is 0 Å². The summed E-state index contributed by atoms with van der Waals surface area (Å²) in [6.07, 6.45) is 5.63. The van der Waals surface area contributed by atoms with Crippen LogP contribution in [0, 0.1) is 11.8 Å². The van der Waals surface area contributed by atoms with Crippen LogP contribution in [-0.2, 0) is 4.79 Å². The van der Waals surface area contributed by atoms with Crippen molar-refractivity contribution in [2.75, 3.05) is 32.7 Å². The number of hydrogen-bond acceptors (Lipinski definition) is 3. The molecule has 4 heterocycles. The predicted molar refractivity (Wildman–Crippen MR) is 107 cm³/mol. The van der Waals surface area contributed by atoms with Gasteiger partial charge in [0.05, 0.1) is 6.54 Å². The molecule has 1 amide bonds. The van der Waals surface area contributed by atoms with Gasteiger partial charge in [0.1, 0.15) is 0 Å². The molecule has 2 fully saturated rings.